The maximum atomic E-state index is 11.6. The maximum Gasteiger partial charge on any atom is 0.238 e. The second-order valence-corrected chi connectivity index (χ2v) is 6.29. The molecule has 2 fully saturated rings. The van der Waals surface area contributed by atoms with Crippen LogP contribution in [0.3, 0.4) is 0 Å². The monoisotopic (exact) mass is 269 g/mol. The van der Waals surface area contributed by atoms with E-state index in [1.54, 1.807) is 12.1 Å². The lowest BCUT2D eigenvalue weighted by molar-refractivity contribution is 0.400. The molecule has 18 heavy (non-hydrogen) atoms. The predicted octanol–water partition coefficient (Wildman–Crippen LogP) is 0.217. The van der Waals surface area contributed by atoms with Crippen molar-refractivity contribution in [2.75, 3.05) is 13.2 Å². The molecule has 0 radical (unpaired) electrons. The highest BCUT2D eigenvalue weighted by Crippen LogP contribution is 2.28. The van der Waals surface area contributed by atoms with Crippen molar-refractivity contribution >= 4 is 10.0 Å². The Labute approximate surface area is 106 Å². The van der Waals surface area contributed by atoms with Crippen molar-refractivity contribution in [2.45, 2.75) is 29.9 Å². The molecule has 0 amide bonds. The van der Waals surface area contributed by atoms with E-state index in [1.165, 1.54) is 0 Å². The van der Waals surface area contributed by atoms with Crippen molar-refractivity contribution < 1.29 is 17.9 Å². The first-order valence-electron chi connectivity index (χ1n) is 5.91. The average Bonchev–Trinajstić information content (AvgIpc) is 3.12. The summed E-state index contributed by atoms with van der Waals surface area (Å²) in [5.41, 5.74) is 1.79. The van der Waals surface area contributed by atoms with Crippen molar-refractivity contribution in [3.63, 3.8) is 0 Å². The van der Waals surface area contributed by atoms with Gasteiger partial charge in [-0.3, -0.25) is 0 Å². The Kier molecular flexibility index (Phi) is 2.90. The second-order valence-electron chi connectivity index (χ2n) is 4.76. The van der Waals surface area contributed by atoms with Crippen LogP contribution in [0, 0.1) is 0 Å². The van der Waals surface area contributed by atoms with Gasteiger partial charge in [-0.2, -0.15) is 0 Å². The van der Waals surface area contributed by atoms with E-state index in [4.69, 9.17) is 14.6 Å². The number of rotatable bonds is 5. The van der Waals surface area contributed by atoms with Gasteiger partial charge in [0.25, 0.3) is 0 Å². The Morgan fingerprint density at radius 1 is 1.17 bits per heavy atom. The fourth-order valence-electron chi connectivity index (χ4n) is 2.15. The Morgan fingerprint density at radius 2 is 1.78 bits per heavy atom. The highest BCUT2D eigenvalue weighted by Gasteiger charge is 2.30. The molecule has 2 aliphatic heterocycles. The summed E-state index contributed by atoms with van der Waals surface area (Å²) in [5, 5.41) is 5.27. The van der Waals surface area contributed by atoms with E-state index in [0.29, 0.717) is 13.0 Å². The molecule has 0 aliphatic carbocycles. The first-order valence-corrected chi connectivity index (χ1v) is 7.45. The van der Waals surface area contributed by atoms with Crippen LogP contribution < -0.4 is 5.14 Å². The molecular formula is C12H15NO4S. The quantitative estimate of drug-likeness (QED) is 0.775. The fourth-order valence-corrected chi connectivity index (χ4v) is 2.97. The number of primary sulfonamides is 1. The van der Waals surface area contributed by atoms with Crippen LogP contribution in [0.4, 0.5) is 0 Å². The Hall–Kier alpha value is -0.950. The van der Waals surface area contributed by atoms with E-state index in [1.807, 2.05) is 6.07 Å². The molecule has 1 aromatic rings. The zero-order chi connectivity index (χ0) is 12.8. The van der Waals surface area contributed by atoms with Gasteiger partial charge in [-0.1, -0.05) is 12.1 Å². The molecule has 0 bridgehead atoms. The van der Waals surface area contributed by atoms with Crippen LogP contribution in [0.1, 0.15) is 11.1 Å². The van der Waals surface area contributed by atoms with Gasteiger partial charge < -0.3 is 9.47 Å². The van der Waals surface area contributed by atoms with E-state index < -0.39 is 10.0 Å². The lowest BCUT2D eigenvalue weighted by Gasteiger charge is -2.12. The van der Waals surface area contributed by atoms with E-state index >= 15 is 0 Å². The molecule has 0 aromatic heterocycles. The standard InChI is InChI=1S/C12H15NO4S/c13-18(14,15)12-3-1-2-8(4-9-6-16-9)11(12)5-10-7-17-10/h1-3,9-10H,4-7H2,(H2,13,14,15). The first-order chi connectivity index (χ1) is 8.54. The van der Waals surface area contributed by atoms with Gasteiger partial charge in [-0.25, -0.2) is 13.6 Å². The summed E-state index contributed by atoms with van der Waals surface area (Å²) in [6, 6.07) is 5.23. The highest BCUT2D eigenvalue weighted by atomic mass is 32.2. The minimum absolute atomic E-state index is 0.131. The molecule has 3 rings (SSSR count). The Balaban J connectivity index is 2.00. The van der Waals surface area contributed by atoms with Crippen molar-refractivity contribution in [3.8, 4) is 0 Å². The predicted molar refractivity (Wildman–Crippen MR) is 64.7 cm³/mol. The van der Waals surface area contributed by atoms with Gasteiger partial charge in [0.05, 0.1) is 30.3 Å². The number of epoxide rings is 2. The third-order valence-corrected chi connectivity index (χ3v) is 4.22. The second kappa shape index (κ2) is 4.31. The van der Waals surface area contributed by atoms with Crippen LogP contribution >= 0.6 is 0 Å². The molecular weight excluding hydrogens is 254 g/mol. The lowest BCUT2D eigenvalue weighted by Crippen LogP contribution is -2.17. The number of hydrogen-bond acceptors (Lipinski definition) is 4. The molecule has 2 unspecified atom stereocenters. The van der Waals surface area contributed by atoms with Gasteiger partial charge in [0.1, 0.15) is 0 Å². The van der Waals surface area contributed by atoms with Gasteiger partial charge in [-0.15, -0.1) is 0 Å². The zero-order valence-corrected chi connectivity index (χ0v) is 10.7. The molecule has 1 aromatic carbocycles. The van der Waals surface area contributed by atoms with Crippen molar-refractivity contribution in [1.29, 1.82) is 0 Å². The van der Waals surface area contributed by atoms with Crippen LogP contribution in [0.15, 0.2) is 23.1 Å². The van der Waals surface area contributed by atoms with Gasteiger partial charge in [-0.05, 0) is 17.2 Å². The molecule has 6 heteroatoms. The topological polar surface area (TPSA) is 85.2 Å². The third-order valence-electron chi connectivity index (χ3n) is 3.22. The average molecular weight is 269 g/mol. The Morgan fingerprint density at radius 3 is 2.33 bits per heavy atom. The molecule has 2 N–H and O–H groups in total. The van der Waals surface area contributed by atoms with Crippen LogP contribution in [-0.2, 0) is 32.3 Å². The summed E-state index contributed by atoms with van der Waals surface area (Å²) in [6.45, 7) is 1.44. The number of nitrogens with two attached hydrogens (primary N) is 1. The van der Waals surface area contributed by atoms with E-state index in [-0.39, 0.29) is 17.1 Å². The molecule has 2 saturated heterocycles. The number of benzene rings is 1. The van der Waals surface area contributed by atoms with Crippen LogP contribution in [0.5, 0.6) is 0 Å². The molecule has 0 saturated carbocycles. The molecule has 98 valence electrons. The van der Waals surface area contributed by atoms with Crippen LogP contribution in [0.2, 0.25) is 0 Å². The van der Waals surface area contributed by atoms with Crippen molar-refractivity contribution in [3.05, 3.63) is 29.3 Å². The summed E-state index contributed by atoms with van der Waals surface area (Å²) in [5.74, 6) is 0. The summed E-state index contributed by atoms with van der Waals surface area (Å²) in [7, 11) is -3.69. The largest absolute Gasteiger partial charge is 0.373 e. The molecule has 2 atom stereocenters. The summed E-state index contributed by atoms with van der Waals surface area (Å²) >= 11 is 0. The van der Waals surface area contributed by atoms with Gasteiger partial charge in [0.2, 0.25) is 10.0 Å². The number of ether oxygens (including phenoxy) is 2. The van der Waals surface area contributed by atoms with Crippen LogP contribution in [-0.4, -0.2) is 33.8 Å². The summed E-state index contributed by atoms with van der Waals surface area (Å²) in [4.78, 5) is 0.219. The smallest absolute Gasteiger partial charge is 0.238 e. The van der Waals surface area contributed by atoms with E-state index in [0.717, 1.165) is 24.2 Å². The first kappa shape index (κ1) is 12.1. The maximum absolute atomic E-state index is 11.6. The van der Waals surface area contributed by atoms with Crippen molar-refractivity contribution in [2.24, 2.45) is 5.14 Å². The van der Waals surface area contributed by atoms with Gasteiger partial charge in [0, 0.05) is 12.8 Å². The molecule has 5 nitrogen and oxygen atoms in total. The SMILES string of the molecule is NS(=O)(=O)c1cccc(CC2CO2)c1CC1CO1. The molecule has 2 aliphatic rings. The summed E-state index contributed by atoms with van der Waals surface area (Å²) in [6.07, 6.45) is 1.70. The Bertz CT molecular complexity index is 561. The van der Waals surface area contributed by atoms with E-state index in [9.17, 15) is 8.42 Å². The lowest BCUT2D eigenvalue weighted by atomic mass is 9.99. The summed E-state index contributed by atoms with van der Waals surface area (Å²) < 4.78 is 33.6. The minimum atomic E-state index is -3.69. The third kappa shape index (κ3) is 2.72. The molecule has 2 heterocycles. The van der Waals surface area contributed by atoms with Crippen LogP contribution in [0.25, 0.3) is 0 Å². The minimum Gasteiger partial charge on any atom is -0.373 e. The highest BCUT2D eigenvalue weighted by molar-refractivity contribution is 7.89. The van der Waals surface area contributed by atoms with Gasteiger partial charge >= 0.3 is 0 Å². The number of hydrogen-bond donors (Lipinski definition) is 1. The normalized spacial score (nSPS) is 26.1. The van der Waals surface area contributed by atoms with E-state index in [2.05, 4.69) is 0 Å². The van der Waals surface area contributed by atoms with Crippen molar-refractivity contribution in [1.82, 2.24) is 0 Å². The fraction of sp³-hybridized carbons (Fsp3) is 0.500. The van der Waals surface area contributed by atoms with Gasteiger partial charge in [0.15, 0.2) is 0 Å². The number of sulfonamides is 1. The molecule has 0 spiro atoms. The zero-order valence-electron chi connectivity index (χ0n) is 9.83.